The number of aryl methyl sites for hydroxylation is 1. The zero-order valence-electron chi connectivity index (χ0n) is 36.4. The van der Waals surface area contributed by atoms with E-state index in [0.717, 1.165) is 49.6 Å². The van der Waals surface area contributed by atoms with Crippen LogP contribution in [0.5, 0.6) is 0 Å². The van der Waals surface area contributed by atoms with E-state index in [1.807, 2.05) is 11.3 Å². The standard InChI is InChI=1S/C57H43BN2O2S/c1-30-22-41-36-24-40-39-23-32(57(5,6)7)18-21-51(39)63-52(40)29-45(36)60(33-19-16-31(17-20-33)56(2,3)4)58-43-25-37-34-12-8-10-14-47(34)62-50(37)28-46(43)59-44-26-38-35-13-9-11-15-48(35)61-49(38)27-42(44)53(30)55(59)54(41)58/h8-29H,1-7H3. The molecule has 2 aliphatic heterocycles. The van der Waals surface area contributed by atoms with Gasteiger partial charge < -0.3 is 18.2 Å². The Morgan fingerprint density at radius 2 is 1.16 bits per heavy atom. The monoisotopic (exact) mass is 830 g/mol. The third-order valence-corrected chi connectivity index (χ3v) is 15.5. The first-order valence-corrected chi connectivity index (χ1v) is 23.0. The van der Waals surface area contributed by atoms with Gasteiger partial charge in [0.15, 0.2) is 0 Å². The molecule has 8 aromatic carbocycles. The van der Waals surface area contributed by atoms with E-state index in [2.05, 4.69) is 191 Å². The van der Waals surface area contributed by atoms with Gasteiger partial charge in [-0.15, -0.1) is 11.3 Å². The second kappa shape index (κ2) is 11.8. The Labute approximate surface area is 369 Å². The summed E-state index contributed by atoms with van der Waals surface area (Å²) in [6.45, 7) is 16.0. The van der Waals surface area contributed by atoms with Gasteiger partial charge in [0.25, 0.3) is 0 Å². The summed E-state index contributed by atoms with van der Waals surface area (Å²) in [5.74, 6) is 0. The zero-order chi connectivity index (χ0) is 42.4. The Kier molecular flexibility index (Phi) is 6.72. The zero-order valence-corrected chi connectivity index (χ0v) is 37.2. The quantitative estimate of drug-likeness (QED) is 0.155. The van der Waals surface area contributed by atoms with Crippen LogP contribution in [0.4, 0.5) is 11.4 Å². The summed E-state index contributed by atoms with van der Waals surface area (Å²) in [5.41, 5.74) is 18.8. The second-order valence-corrected chi connectivity index (χ2v) is 21.3. The van der Waals surface area contributed by atoms with Gasteiger partial charge in [0.1, 0.15) is 22.3 Å². The molecule has 0 N–H and O–H groups in total. The molecule has 0 atom stereocenters. The van der Waals surface area contributed by atoms with Gasteiger partial charge in [0.2, 0.25) is 0 Å². The number of thiophene rings is 1. The van der Waals surface area contributed by atoms with Crippen molar-refractivity contribution >= 4 is 126 Å². The molecule has 6 heterocycles. The van der Waals surface area contributed by atoms with Crippen molar-refractivity contribution in [3.63, 3.8) is 0 Å². The lowest BCUT2D eigenvalue weighted by Gasteiger charge is -2.42. The lowest BCUT2D eigenvalue weighted by atomic mass is 9.43. The highest BCUT2D eigenvalue weighted by molar-refractivity contribution is 7.25. The predicted molar refractivity (Wildman–Crippen MR) is 269 cm³/mol. The van der Waals surface area contributed by atoms with Crippen LogP contribution in [-0.2, 0) is 10.8 Å². The fraction of sp³-hybridized carbons (Fsp3) is 0.158. The van der Waals surface area contributed by atoms with E-state index in [-0.39, 0.29) is 17.7 Å². The van der Waals surface area contributed by atoms with Crippen molar-refractivity contribution in [1.29, 1.82) is 0 Å². The van der Waals surface area contributed by atoms with Crippen LogP contribution >= 0.6 is 11.3 Å². The molecule has 0 aliphatic carbocycles. The van der Waals surface area contributed by atoms with Crippen LogP contribution in [0.1, 0.15) is 58.2 Å². The second-order valence-electron chi connectivity index (χ2n) is 20.2. The Hall–Kier alpha value is -6.76. The Morgan fingerprint density at radius 3 is 1.87 bits per heavy atom. The summed E-state index contributed by atoms with van der Waals surface area (Å²) < 4.78 is 18.5. The van der Waals surface area contributed by atoms with Crippen molar-refractivity contribution in [3.05, 3.63) is 150 Å². The molecule has 0 saturated heterocycles. The van der Waals surface area contributed by atoms with Gasteiger partial charge in [0, 0.05) is 81.2 Å². The summed E-state index contributed by atoms with van der Waals surface area (Å²) in [6, 6.07) is 50.4. The number of anilines is 2. The van der Waals surface area contributed by atoms with Crippen molar-refractivity contribution in [1.82, 2.24) is 4.57 Å². The van der Waals surface area contributed by atoms with Gasteiger partial charge in [-0.1, -0.05) is 108 Å². The van der Waals surface area contributed by atoms with Gasteiger partial charge in [-0.25, -0.2) is 0 Å². The maximum absolute atomic E-state index is 6.72. The van der Waals surface area contributed by atoms with Crippen LogP contribution in [0.15, 0.2) is 142 Å². The van der Waals surface area contributed by atoms with E-state index in [0.29, 0.717) is 0 Å². The molecule has 0 bridgehead atoms. The summed E-state index contributed by atoms with van der Waals surface area (Å²) >= 11 is 1.91. The average molecular weight is 831 g/mol. The predicted octanol–water partition coefficient (Wildman–Crippen LogP) is 15.1. The summed E-state index contributed by atoms with van der Waals surface area (Å²) in [4.78, 5) is 2.66. The largest absolute Gasteiger partial charge is 0.456 e. The minimum atomic E-state index is -0.121. The number of rotatable bonds is 1. The molecule has 2 aliphatic rings. The summed E-state index contributed by atoms with van der Waals surface area (Å²) in [7, 11) is 0. The molecule has 63 heavy (non-hydrogen) atoms. The van der Waals surface area contributed by atoms with Crippen LogP contribution in [-0.4, -0.2) is 11.4 Å². The number of para-hydroxylation sites is 2. The minimum absolute atomic E-state index is 0.0284. The molecular weight excluding hydrogens is 788 g/mol. The van der Waals surface area contributed by atoms with Crippen molar-refractivity contribution in [3.8, 4) is 16.8 Å². The molecule has 0 amide bonds. The number of hydrogen-bond acceptors (Lipinski definition) is 4. The number of benzene rings is 8. The van der Waals surface area contributed by atoms with E-state index in [9.17, 15) is 0 Å². The molecule has 302 valence electrons. The Morgan fingerprint density at radius 1 is 0.508 bits per heavy atom. The van der Waals surface area contributed by atoms with Crippen molar-refractivity contribution in [2.75, 3.05) is 4.81 Å². The number of fused-ring (bicyclic) bond motifs is 17. The molecule has 0 spiro atoms. The van der Waals surface area contributed by atoms with Gasteiger partial charge >= 0.3 is 6.85 Å². The van der Waals surface area contributed by atoms with Crippen LogP contribution in [0.3, 0.4) is 0 Å². The number of hydrogen-bond donors (Lipinski definition) is 0. The van der Waals surface area contributed by atoms with Crippen LogP contribution in [0, 0.1) is 6.92 Å². The average Bonchev–Trinajstić information content (AvgIpc) is 4.02. The van der Waals surface area contributed by atoms with Crippen LogP contribution in [0.2, 0.25) is 0 Å². The summed E-state index contributed by atoms with van der Waals surface area (Å²) in [5, 5.41) is 9.67. The van der Waals surface area contributed by atoms with Crippen molar-refractivity contribution in [2.45, 2.75) is 59.3 Å². The molecule has 4 nitrogen and oxygen atoms in total. The highest BCUT2D eigenvalue weighted by Crippen LogP contribution is 2.51. The maximum atomic E-state index is 6.72. The lowest BCUT2D eigenvalue weighted by Crippen LogP contribution is -2.60. The first-order chi connectivity index (χ1) is 30.4. The maximum Gasteiger partial charge on any atom is 0.333 e. The molecule has 14 rings (SSSR count). The van der Waals surface area contributed by atoms with E-state index in [1.165, 1.54) is 92.1 Å². The topological polar surface area (TPSA) is 34.5 Å². The van der Waals surface area contributed by atoms with Crippen molar-refractivity contribution < 1.29 is 8.83 Å². The lowest BCUT2D eigenvalue weighted by molar-refractivity contribution is 0.590. The first kappa shape index (κ1) is 35.8. The van der Waals surface area contributed by atoms with Crippen LogP contribution in [0.25, 0.3) is 103 Å². The molecule has 12 aromatic rings. The molecule has 6 heteroatoms. The smallest absolute Gasteiger partial charge is 0.333 e. The normalized spacial score (nSPS) is 13.9. The third-order valence-electron chi connectivity index (χ3n) is 14.4. The van der Waals surface area contributed by atoms with Crippen LogP contribution < -0.4 is 15.7 Å². The molecule has 0 fully saturated rings. The number of aromatic nitrogens is 1. The molecule has 4 aromatic heterocycles. The molecule has 0 saturated carbocycles. The van der Waals surface area contributed by atoms with E-state index in [4.69, 9.17) is 8.83 Å². The number of nitrogens with zero attached hydrogens (tertiary/aromatic N) is 2. The fourth-order valence-corrected chi connectivity index (χ4v) is 12.4. The van der Waals surface area contributed by atoms with E-state index >= 15 is 0 Å². The van der Waals surface area contributed by atoms with Gasteiger partial charge in [-0.2, -0.15) is 0 Å². The van der Waals surface area contributed by atoms with Crippen molar-refractivity contribution in [2.24, 2.45) is 0 Å². The Bertz CT molecular complexity index is 4010. The van der Waals surface area contributed by atoms with E-state index in [1.54, 1.807) is 0 Å². The van der Waals surface area contributed by atoms with Gasteiger partial charge in [0.05, 0.1) is 11.0 Å². The highest BCUT2D eigenvalue weighted by Gasteiger charge is 2.45. The van der Waals surface area contributed by atoms with Gasteiger partial charge in [-0.3, -0.25) is 0 Å². The highest BCUT2D eigenvalue weighted by atomic mass is 32.1. The molecule has 0 radical (unpaired) electrons. The Balaban J connectivity index is 1.17. The minimum Gasteiger partial charge on any atom is -0.456 e. The molecule has 0 unspecified atom stereocenters. The van der Waals surface area contributed by atoms with E-state index < -0.39 is 0 Å². The summed E-state index contributed by atoms with van der Waals surface area (Å²) in [6.07, 6.45) is 0. The number of furan rings is 2. The van der Waals surface area contributed by atoms with Gasteiger partial charge in [-0.05, 0) is 112 Å². The first-order valence-electron chi connectivity index (χ1n) is 22.2. The fourth-order valence-electron chi connectivity index (χ4n) is 11.3. The third kappa shape index (κ3) is 4.72. The SMILES string of the molecule is Cc1cc2c3c4c1c1cc5oc6ccccc6c5cc1n4-c1cc4oc5ccccc5c4cc1B3N(c1ccc(C(C)(C)C)cc1)c1cc3sc4ccc(C(C)(C)C)cc4c3cc1-2. The molecular formula is C57H43BN2O2S.